The van der Waals surface area contributed by atoms with Crippen molar-refractivity contribution in [1.82, 2.24) is 9.78 Å². The zero-order chi connectivity index (χ0) is 18.5. The molecule has 3 aromatic rings. The number of benzene rings is 2. The Balaban J connectivity index is 1.71. The van der Waals surface area contributed by atoms with Crippen LogP contribution in [0.15, 0.2) is 60.8 Å². The summed E-state index contributed by atoms with van der Waals surface area (Å²) >= 11 is 5.96. The summed E-state index contributed by atoms with van der Waals surface area (Å²) in [5, 5.41) is 7.39. The largest absolute Gasteiger partial charge is 0.307 e. The molecule has 0 aliphatic rings. The molecule has 3 rings (SSSR count). The predicted molar refractivity (Wildman–Crippen MR) is 96.8 cm³/mol. The highest BCUT2D eigenvalue weighted by atomic mass is 35.5. The Kier molecular flexibility index (Phi) is 5.43. The maximum Gasteiger partial charge on any atom is 0.249 e. The van der Waals surface area contributed by atoms with Gasteiger partial charge in [-0.15, -0.1) is 0 Å². The third-order valence-corrected chi connectivity index (χ3v) is 3.83. The molecule has 0 bridgehead atoms. The molecule has 0 saturated carbocycles. The van der Waals surface area contributed by atoms with Gasteiger partial charge in [-0.05, 0) is 35.9 Å². The lowest BCUT2D eigenvalue weighted by atomic mass is 10.2. The van der Waals surface area contributed by atoms with Crippen LogP contribution in [0.25, 0.3) is 6.08 Å². The molecule has 1 aromatic heterocycles. The number of hydrogen-bond acceptors (Lipinski definition) is 2. The molecule has 0 fully saturated rings. The highest BCUT2D eigenvalue weighted by Crippen LogP contribution is 2.16. The molecular weight excluding hydrogens is 360 g/mol. The summed E-state index contributed by atoms with van der Waals surface area (Å²) in [6, 6.07) is 12.4. The molecule has 0 aliphatic heterocycles. The van der Waals surface area contributed by atoms with Gasteiger partial charge in [-0.1, -0.05) is 29.8 Å². The molecule has 0 spiro atoms. The van der Waals surface area contributed by atoms with Crippen LogP contribution in [0.3, 0.4) is 0 Å². The van der Waals surface area contributed by atoms with E-state index in [1.807, 2.05) is 12.1 Å². The maximum absolute atomic E-state index is 13.6. The van der Waals surface area contributed by atoms with Crippen molar-refractivity contribution >= 4 is 29.4 Å². The first-order valence-corrected chi connectivity index (χ1v) is 8.10. The molecule has 132 valence electrons. The minimum atomic E-state index is -0.736. The Morgan fingerprint density at radius 3 is 2.62 bits per heavy atom. The second-order valence-corrected chi connectivity index (χ2v) is 5.90. The van der Waals surface area contributed by atoms with E-state index in [1.54, 1.807) is 29.1 Å². The normalized spacial score (nSPS) is 11.0. The molecule has 0 unspecified atom stereocenters. The zero-order valence-corrected chi connectivity index (χ0v) is 14.3. The first-order valence-electron chi connectivity index (χ1n) is 7.72. The molecule has 1 amide bonds. The van der Waals surface area contributed by atoms with Crippen molar-refractivity contribution in [2.45, 2.75) is 6.54 Å². The Hall–Kier alpha value is -2.99. The molecule has 0 radical (unpaired) electrons. The molecule has 0 atom stereocenters. The molecule has 0 saturated heterocycles. The van der Waals surface area contributed by atoms with E-state index in [0.717, 1.165) is 29.8 Å². The van der Waals surface area contributed by atoms with Gasteiger partial charge in [0.2, 0.25) is 5.91 Å². The SMILES string of the molecule is O=C(/C=C/c1c(F)cccc1F)Nc1ccnn1Cc1cccc(Cl)c1. The summed E-state index contributed by atoms with van der Waals surface area (Å²) < 4.78 is 28.7. The Bertz CT molecular complexity index is 949. The van der Waals surface area contributed by atoms with Crippen molar-refractivity contribution in [3.05, 3.63) is 88.6 Å². The average molecular weight is 374 g/mol. The van der Waals surface area contributed by atoms with Gasteiger partial charge in [-0.2, -0.15) is 5.10 Å². The number of anilines is 1. The van der Waals surface area contributed by atoms with Crippen molar-refractivity contribution in [2.24, 2.45) is 0 Å². The molecule has 1 heterocycles. The number of amides is 1. The molecule has 1 N–H and O–H groups in total. The Morgan fingerprint density at radius 2 is 1.88 bits per heavy atom. The maximum atomic E-state index is 13.6. The second kappa shape index (κ2) is 7.93. The van der Waals surface area contributed by atoms with Crippen molar-refractivity contribution in [2.75, 3.05) is 5.32 Å². The summed E-state index contributed by atoms with van der Waals surface area (Å²) in [5.41, 5.74) is 0.649. The van der Waals surface area contributed by atoms with Crippen LogP contribution in [0.5, 0.6) is 0 Å². The fourth-order valence-corrected chi connectivity index (χ4v) is 2.58. The minimum absolute atomic E-state index is 0.268. The smallest absolute Gasteiger partial charge is 0.249 e. The number of carbonyl (C=O) groups excluding carboxylic acids is 1. The topological polar surface area (TPSA) is 46.9 Å². The Morgan fingerprint density at radius 1 is 1.15 bits per heavy atom. The van der Waals surface area contributed by atoms with Crippen molar-refractivity contribution in [1.29, 1.82) is 0 Å². The first kappa shape index (κ1) is 17.8. The van der Waals surface area contributed by atoms with Crippen LogP contribution in [0.2, 0.25) is 5.02 Å². The molecular formula is C19H14ClF2N3O. The van der Waals surface area contributed by atoms with Gasteiger partial charge in [0.05, 0.1) is 12.7 Å². The lowest BCUT2D eigenvalue weighted by Crippen LogP contribution is -2.13. The quantitative estimate of drug-likeness (QED) is 0.669. The van der Waals surface area contributed by atoms with Crippen LogP contribution in [0.4, 0.5) is 14.6 Å². The average Bonchev–Trinajstić information content (AvgIpc) is 3.01. The fourth-order valence-electron chi connectivity index (χ4n) is 2.37. The van der Waals surface area contributed by atoms with Gasteiger partial charge < -0.3 is 5.32 Å². The van der Waals surface area contributed by atoms with E-state index >= 15 is 0 Å². The van der Waals surface area contributed by atoms with Crippen molar-refractivity contribution in [3.63, 3.8) is 0 Å². The number of halogens is 3. The molecule has 4 nitrogen and oxygen atoms in total. The second-order valence-electron chi connectivity index (χ2n) is 5.46. The first-order chi connectivity index (χ1) is 12.5. The molecule has 7 heteroatoms. The number of hydrogen-bond donors (Lipinski definition) is 1. The van der Waals surface area contributed by atoms with E-state index in [-0.39, 0.29) is 5.56 Å². The van der Waals surface area contributed by atoms with Gasteiger partial charge in [0.25, 0.3) is 0 Å². The fraction of sp³-hybridized carbons (Fsp3) is 0.0526. The van der Waals surface area contributed by atoms with E-state index in [1.165, 1.54) is 6.07 Å². The van der Waals surface area contributed by atoms with E-state index in [2.05, 4.69) is 10.4 Å². The summed E-state index contributed by atoms with van der Waals surface area (Å²) in [6.07, 6.45) is 3.70. The summed E-state index contributed by atoms with van der Waals surface area (Å²) in [5.74, 6) is -1.55. The summed E-state index contributed by atoms with van der Waals surface area (Å²) in [7, 11) is 0. The molecule has 26 heavy (non-hydrogen) atoms. The molecule has 0 aliphatic carbocycles. The monoisotopic (exact) mass is 373 g/mol. The van der Waals surface area contributed by atoms with Crippen LogP contribution in [-0.2, 0) is 11.3 Å². The van der Waals surface area contributed by atoms with E-state index in [4.69, 9.17) is 11.6 Å². The van der Waals surface area contributed by atoms with E-state index < -0.39 is 17.5 Å². The number of nitrogens with zero attached hydrogens (tertiary/aromatic N) is 2. The van der Waals surface area contributed by atoms with Crippen LogP contribution >= 0.6 is 11.6 Å². The lowest BCUT2D eigenvalue weighted by molar-refractivity contribution is -0.111. The van der Waals surface area contributed by atoms with Crippen LogP contribution < -0.4 is 5.32 Å². The van der Waals surface area contributed by atoms with Gasteiger partial charge in [0.15, 0.2) is 0 Å². The standard InChI is InChI=1S/C19H14ClF2N3O/c20-14-4-1-3-13(11-14)12-25-18(9-10-23-25)24-19(26)8-7-15-16(21)5-2-6-17(15)22/h1-11H,12H2,(H,24,26)/b8-7+. The zero-order valence-electron chi connectivity index (χ0n) is 13.5. The number of aromatic nitrogens is 2. The van der Waals surface area contributed by atoms with Crippen LogP contribution in [-0.4, -0.2) is 15.7 Å². The van der Waals surface area contributed by atoms with Gasteiger partial charge in [-0.25, -0.2) is 13.5 Å². The van der Waals surface area contributed by atoms with E-state index in [0.29, 0.717) is 17.4 Å². The van der Waals surface area contributed by atoms with Crippen molar-refractivity contribution < 1.29 is 13.6 Å². The third-order valence-electron chi connectivity index (χ3n) is 3.59. The minimum Gasteiger partial charge on any atom is -0.307 e. The van der Waals surface area contributed by atoms with E-state index in [9.17, 15) is 13.6 Å². The van der Waals surface area contributed by atoms with Gasteiger partial charge in [0.1, 0.15) is 17.5 Å². The number of carbonyl (C=O) groups is 1. The summed E-state index contributed by atoms with van der Waals surface area (Å²) in [6.45, 7) is 0.412. The summed E-state index contributed by atoms with van der Waals surface area (Å²) in [4.78, 5) is 12.1. The van der Waals surface area contributed by atoms with Crippen LogP contribution in [0.1, 0.15) is 11.1 Å². The van der Waals surface area contributed by atoms with Gasteiger partial charge >= 0.3 is 0 Å². The number of rotatable bonds is 5. The lowest BCUT2D eigenvalue weighted by Gasteiger charge is -2.08. The third kappa shape index (κ3) is 4.34. The van der Waals surface area contributed by atoms with Crippen LogP contribution in [0, 0.1) is 11.6 Å². The Labute approximate surface area is 153 Å². The van der Waals surface area contributed by atoms with Crippen molar-refractivity contribution in [3.8, 4) is 0 Å². The highest BCUT2D eigenvalue weighted by molar-refractivity contribution is 6.30. The molecule has 2 aromatic carbocycles. The van der Waals surface area contributed by atoms with Gasteiger partial charge in [-0.3, -0.25) is 4.79 Å². The highest BCUT2D eigenvalue weighted by Gasteiger charge is 2.08. The predicted octanol–water partition coefficient (Wildman–Crippen LogP) is 4.51. The van der Waals surface area contributed by atoms with Gasteiger partial charge in [0, 0.05) is 22.7 Å². The number of nitrogens with one attached hydrogen (secondary N) is 1.